The van der Waals surface area contributed by atoms with Crippen LogP contribution in [0.2, 0.25) is 0 Å². The van der Waals surface area contributed by atoms with Crippen LogP contribution in [0.1, 0.15) is 36.7 Å². The number of hydrogen-bond acceptors (Lipinski definition) is 4. The molecule has 0 bridgehead atoms. The number of hydrogen-bond donors (Lipinski definition) is 3. The monoisotopic (exact) mass is 240 g/mol. The average molecular weight is 240 g/mol. The van der Waals surface area contributed by atoms with Crippen LogP contribution in [0, 0.1) is 0 Å². The van der Waals surface area contributed by atoms with Crippen LogP contribution in [0.15, 0.2) is 16.5 Å². The lowest BCUT2D eigenvalue weighted by Crippen LogP contribution is -2.40. The van der Waals surface area contributed by atoms with Crippen molar-refractivity contribution in [3.63, 3.8) is 0 Å². The maximum atomic E-state index is 11.6. The van der Waals surface area contributed by atoms with Crippen LogP contribution in [0.25, 0.3) is 0 Å². The van der Waals surface area contributed by atoms with Gasteiger partial charge in [0.2, 0.25) is 0 Å². The molecule has 0 spiro atoms. The molecule has 1 unspecified atom stereocenters. The van der Waals surface area contributed by atoms with E-state index in [1.165, 1.54) is 12.1 Å². The number of rotatable bonds is 6. The van der Waals surface area contributed by atoms with Crippen LogP contribution in [0.5, 0.6) is 0 Å². The largest absolute Gasteiger partial charge is 0.480 e. The first kappa shape index (κ1) is 13.1. The highest BCUT2D eigenvalue weighted by molar-refractivity contribution is 5.94. The number of furan rings is 1. The Kier molecular flexibility index (Phi) is 4.56. The predicted octanol–water partition coefficient (Wildman–Crippen LogP) is 1.23. The molecule has 0 aliphatic heterocycles. The van der Waals surface area contributed by atoms with E-state index in [2.05, 4.69) is 5.32 Å². The number of nitrogens with two attached hydrogens (primary N) is 1. The van der Waals surface area contributed by atoms with Crippen molar-refractivity contribution in [2.45, 2.75) is 32.2 Å². The number of carbonyl (C=O) groups excluding carboxylic acids is 1. The minimum Gasteiger partial charge on any atom is -0.480 e. The Morgan fingerprint density at radius 3 is 2.71 bits per heavy atom. The SMILES string of the molecule is CCCCC(NC(=O)c1ccc(N)o1)C(=O)O. The van der Waals surface area contributed by atoms with Gasteiger partial charge < -0.3 is 20.6 Å². The molecule has 1 amide bonds. The highest BCUT2D eigenvalue weighted by Gasteiger charge is 2.21. The second-order valence-corrected chi connectivity index (χ2v) is 3.71. The fourth-order valence-corrected chi connectivity index (χ4v) is 1.37. The third-order valence-corrected chi connectivity index (χ3v) is 2.30. The summed E-state index contributed by atoms with van der Waals surface area (Å²) in [7, 11) is 0. The molecular weight excluding hydrogens is 224 g/mol. The van der Waals surface area contributed by atoms with Gasteiger partial charge in [0.15, 0.2) is 11.6 Å². The van der Waals surface area contributed by atoms with E-state index in [0.717, 1.165) is 12.8 Å². The van der Waals surface area contributed by atoms with Crippen molar-refractivity contribution in [2.75, 3.05) is 5.73 Å². The van der Waals surface area contributed by atoms with Gasteiger partial charge in [-0.25, -0.2) is 4.79 Å². The van der Waals surface area contributed by atoms with Crippen molar-refractivity contribution < 1.29 is 19.1 Å². The summed E-state index contributed by atoms with van der Waals surface area (Å²) in [5, 5.41) is 11.3. The molecule has 1 heterocycles. The van der Waals surface area contributed by atoms with Gasteiger partial charge in [-0.05, 0) is 12.5 Å². The molecule has 1 aromatic heterocycles. The van der Waals surface area contributed by atoms with E-state index >= 15 is 0 Å². The maximum absolute atomic E-state index is 11.6. The van der Waals surface area contributed by atoms with Crippen LogP contribution in [0.4, 0.5) is 5.88 Å². The first-order valence-electron chi connectivity index (χ1n) is 5.43. The molecule has 0 saturated heterocycles. The summed E-state index contributed by atoms with van der Waals surface area (Å²) in [6, 6.07) is 1.95. The van der Waals surface area contributed by atoms with Gasteiger partial charge >= 0.3 is 5.97 Å². The number of aliphatic carboxylic acids is 1. The summed E-state index contributed by atoms with van der Waals surface area (Å²) in [5.41, 5.74) is 5.32. The van der Waals surface area contributed by atoms with E-state index in [9.17, 15) is 9.59 Å². The van der Waals surface area contributed by atoms with Crippen molar-refractivity contribution in [2.24, 2.45) is 0 Å². The van der Waals surface area contributed by atoms with Gasteiger partial charge in [0.25, 0.3) is 5.91 Å². The quantitative estimate of drug-likeness (QED) is 0.693. The molecular formula is C11H16N2O4. The lowest BCUT2D eigenvalue weighted by atomic mass is 10.1. The van der Waals surface area contributed by atoms with E-state index < -0.39 is 17.9 Å². The fourth-order valence-electron chi connectivity index (χ4n) is 1.37. The summed E-state index contributed by atoms with van der Waals surface area (Å²) in [6.45, 7) is 1.95. The first-order chi connectivity index (χ1) is 8.04. The van der Waals surface area contributed by atoms with E-state index in [1.807, 2.05) is 6.92 Å². The molecule has 0 radical (unpaired) electrons. The lowest BCUT2D eigenvalue weighted by molar-refractivity contribution is -0.139. The smallest absolute Gasteiger partial charge is 0.326 e. The molecule has 4 N–H and O–H groups in total. The highest BCUT2D eigenvalue weighted by Crippen LogP contribution is 2.10. The first-order valence-corrected chi connectivity index (χ1v) is 5.43. The number of amides is 1. The number of carbonyl (C=O) groups is 2. The van der Waals surface area contributed by atoms with E-state index in [4.69, 9.17) is 15.3 Å². The number of carboxylic acid groups (broad SMARTS) is 1. The highest BCUT2D eigenvalue weighted by atomic mass is 16.4. The third-order valence-electron chi connectivity index (χ3n) is 2.30. The Morgan fingerprint density at radius 1 is 1.53 bits per heavy atom. The zero-order chi connectivity index (χ0) is 12.8. The normalized spacial score (nSPS) is 12.1. The van der Waals surface area contributed by atoms with Gasteiger partial charge in [-0.2, -0.15) is 0 Å². The second-order valence-electron chi connectivity index (χ2n) is 3.71. The Balaban J connectivity index is 2.60. The molecule has 1 rings (SSSR count). The number of unbranched alkanes of at least 4 members (excludes halogenated alkanes) is 1. The zero-order valence-electron chi connectivity index (χ0n) is 9.60. The van der Waals surface area contributed by atoms with Crippen molar-refractivity contribution in [3.8, 4) is 0 Å². The molecule has 1 atom stereocenters. The minimum atomic E-state index is -1.05. The van der Waals surface area contributed by atoms with Crippen LogP contribution < -0.4 is 11.1 Å². The molecule has 0 saturated carbocycles. The standard InChI is InChI=1S/C11H16N2O4/c1-2-3-4-7(11(15)16)13-10(14)8-5-6-9(12)17-8/h5-7H,2-4,12H2,1H3,(H,13,14)(H,15,16). The number of nitrogen functional groups attached to an aromatic ring is 1. The fraction of sp³-hybridized carbons (Fsp3) is 0.455. The van der Waals surface area contributed by atoms with E-state index in [-0.39, 0.29) is 11.6 Å². The molecule has 6 heteroatoms. The van der Waals surface area contributed by atoms with E-state index in [0.29, 0.717) is 6.42 Å². The van der Waals surface area contributed by atoms with Crippen molar-refractivity contribution >= 4 is 17.8 Å². The van der Waals surface area contributed by atoms with E-state index in [1.54, 1.807) is 0 Å². The summed E-state index contributed by atoms with van der Waals surface area (Å²) in [4.78, 5) is 22.5. The van der Waals surface area contributed by atoms with Crippen LogP contribution in [-0.2, 0) is 4.79 Å². The van der Waals surface area contributed by atoms with Crippen molar-refractivity contribution in [1.29, 1.82) is 0 Å². The second kappa shape index (κ2) is 5.93. The van der Waals surface area contributed by atoms with Gasteiger partial charge in [-0.1, -0.05) is 19.8 Å². The molecule has 0 fully saturated rings. The van der Waals surface area contributed by atoms with Gasteiger partial charge in [-0.3, -0.25) is 4.79 Å². The molecule has 0 aromatic carbocycles. The van der Waals surface area contributed by atoms with Gasteiger partial charge in [-0.15, -0.1) is 0 Å². The summed E-state index contributed by atoms with van der Waals surface area (Å²) < 4.78 is 4.90. The van der Waals surface area contributed by atoms with Gasteiger partial charge in [0.1, 0.15) is 6.04 Å². The predicted molar refractivity (Wildman–Crippen MR) is 61.5 cm³/mol. The maximum Gasteiger partial charge on any atom is 0.326 e. The Hall–Kier alpha value is -1.98. The molecule has 17 heavy (non-hydrogen) atoms. The average Bonchev–Trinajstić information content (AvgIpc) is 2.70. The zero-order valence-corrected chi connectivity index (χ0v) is 9.60. The number of nitrogens with one attached hydrogen (secondary N) is 1. The molecule has 6 nitrogen and oxygen atoms in total. The molecule has 0 aliphatic rings. The van der Waals surface area contributed by atoms with Gasteiger partial charge in [0.05, 0.1) is 0 Å². The minimum absolute atomic E-state index is 0.0187. The summed E-state index contributed by atoms with van der Waals surface area (Å²) in [6.07, 6.45) is 2.00. The van der Waals surface area contributed by atoms with Crippen LogP contribution >= 0.6 is 0 Å². The summed E-state index contributed by atoms with van der Waals surface area (Å²) >= 11 is 0. The Morgan fingerprint density at radius 2 is 2.24 bits per heavy atom. The lowest BCUT2D eigenvalue weighted by Gasteiger charge is -2.12. The van der Waals surface area contributed by atoms with Crippen molar-refractivity contribution in [3.05, 3.63) is 17.9 Å². The molecule has 94 valence electrons. The van der Waals surface area contributed by atoms with Crippen molar-refractivity contribution in [1.82, 2.24) is 5.32 Å². The third kappa shape index (κ3) is 3.82. The van der Waals surface area contributed by atoms with Crippen LogP contribution in [0.3, 0.4) is 0 Å². The number of carboxylic acids is 1. The molecule has 0 aliphatic carbocycles. The Labute approximate surface area is 98.8 Å². The van der Waals surface area contributed by atoms with Gasteiger partial charge in [0, 0.05) is 6.07 Å². The molecule has 1 aromatic rings. The Bertz CT molecular complexity index is 400. The summed E-state index contributed by atoms with van der Waals surface area (Å²) in [5.74, 6) is -1.47. The topological polar surface area (TPSA) is 106 Å². The van der Waals surface area contributed by atoms with Crippen LogP contribution in [-0.4, -0.2) is 23.0 Å². The number of anilines is 1.